The number of amides is 2. The minimum atomic E-state index is -0.337. The van der Waals surface area contributed by atoms with Crippen LogP contribution in [0.4, 0.5) is 11.4 Å². The Labute approximate surface area is 98.0 Å². The topological polar surface area (TPSA) is 84.2 Å². The minimum absolute atomic E-state index is 0.113. The van der Waals surface area contributed by atoms with E-state index in [1.54, 1.807) is 24.3 Å². The van der Waals surface area contributed by atoms with Crippen LogP contribution < -0.4 is 16.4 Å². The van der Waals surface area contributed by atoms with E-state index in [1.165, 1.54) is 0 Å². The van der Waals surface area contributed by atoms with Crippen molar-refractivity contribution in [2.75, 3.05) is 23.1 Å². The molecule has 0 heterocycles. The van der Waals surface area contributed by atoms with Gasteiger partial charge in [-0.2, -0.15) is 0 Å². The highest BCUT2D eigenvalue weighted by molar-refractivity contribution is 6.29. The van der Waals surface area contributed by atoms with E-state index in [9.17, 15) is 9.59 Å². The normalized spacial score (nSPS) is 9.62. The maximum Gasteiger partial charge on any atom is 0.239 e. The molecule has 1 aromatic rings. The van der Waals surface area contributed by atoms with Gasteiger partial charge in [-0.05, 0) is 12.1 Å². The van der Waals surface area contributed by atoms with E-state index in [0.29, 0.717) is 11.4 Å². The van der Waals surface area contributed by atoms with Gasteiger partial charge in [-0.1, -0.05) is 12.1 Å². The molecule has 0 bridgehead atoms. The molecule has 0 spiro atoms. The first-order valence-corrected chi connectivity index (χ1v) is 5.15. The van der Waals surface area contributed by atoms with Gasteiger partial charge >= 0.3 is 0 Å². The molecule has 0 unspecified atom stereocenters. The lowest BCUT2D eigenvalue weighted by molar-refractivity contribution is -0.115. The number of rotatable bonds is 4. The number of nitrogens with one attached hydrogen (secondary N) is 2. The summed E-state index contributed by atoms with van der Waals surface area (Å²) in [6.07, 6.45) is 0. The molecule has 6 heteroatoms. The number of hydrogen-bond donors (Lipinski definition) is 3. The van der Waals surface area contributed by atoms with Gasteiger partial charge in [0.15, 0.2) is 0 Å². The van der Waals surface area contributed by atoms with Crippen molar-refractivity contribution in [1.29, 1.82) is 0 Å². The molecule has 0 saturated heterocycles. The van der Waals surface area contributed by atoms with Crippen molar-refractivity contribution >= 4 is 34.8 Å². The number of hydrogen-bond acceptors (Lipinski definition) is 3. The molecule has 1 aromatic carbocycles. The molecule has 86 valence electrons. The van der Waals surface area contributed by atoms with Crippen molar-refractivity contribution in [2.45, 2.75) is 0 Å². The predicted molar refractivity (Wildman–Crippen MR) is 63.5 cm³/mol. The largest absolute Gasteiger partial charge is 0.323 e. The summed E-state index contributed by atoms with van der Waals surface area (Å²) >= 11 is 5.37. The molecule has 2 amide bonds. The number of para-hydroxylation sites is 2. The molecule has 0 aliphatic carbocycles. The molecule has 0 aliphatic heterocycles. The molecule has 0 aliphatic rings. The third-order valence-electron chi connectivity index (χ3n) is 1.78. The van der Waals surface area contributed by atoms with Gasteiger partial charge in [-0.25, -0.2) is 0 Å². The van der Waals surface area contributed by atoms with E-state index in [0.717, 1.165) is 0 Å². The number of halogens is 1. The van der Waals surface area contributed by atoms with E-state index in [-0.39, 0.29) is 24.2 Å². The summed E-state index contributed by atoms with van der Waals surface area (Å²) < 4.78 is 0. The third-order valence-corrected chi connectivity index (χ3v) is 2.02. The van der Waals surface area contributed by atoms with Crippen LogP contribution in [0.1, 0.15) is 0 Å². The van der Waals surface area contributed by atoms with Crippen LogP contribution in [0.3, 0.4) is 0 Å². The lowest BCUT2D eigenvalue weighted by Crippen LogP contribution is -2.23. The smallest absolute Gasteiger partial charge is 0.239 e. The second kappa shape index (κ2) is 6.09. The predicted octanol–water partition coefficient (Wildman–Crippen LogP) is 0.761. The monoisotopic (exact) mass is 241 g/mol. The van der Waals surface area contributed by atoms with Gasteiger partial charge < -0.3 is 16.4 Å². The maximum absolute atomic E-state index is 11.1. The Morgan fingerprint density at radius 2 is 1.62 bits per heavy atom. The summed E-state index contributed by atoms with van der Waals surface area (Å²) in [4.78, 5) is 22.2. The Balaban J connectivity index is 2.83. The minimum Gasteiger partial charge on any atom is -0.323 e. The first-order valence-electron chi connectivity index (χ1n) is 4.62. The molecule has 16 heavy (non-hydrogen) atoms. The van der Waals surface area contributed by atoms with Crippen molar-refractivity contribution in [3.05, 3.63) is 24.3 Å². The Bertz CT molecular complexity index is 358. The van der Waals surface area contributed by atoms with E-state index >= 15 is 0 Å². The van der Waals surface area contributed by atoms with Crippen molar-refractivity contribution in [2.24, 2.45) is 5.73 Å². The lowest BCUT2D eigenvalue weighted by Gasteiger charge is -2.10. The third kappa shape index (κ3) is 3.52. The van der Waals surface area contributed by atoms with E-state index < -0.39 is 0 Å². The fourth-order valence-corrected chi connectivity index (χ4v) is 1.15. The number of alkyl halides is 1. The molecule has 5 nitrogen and oxygen atoms in total. The number of anilines is 2. The Kier molecular flexibility index (Phi) is 4.75. The SMILES string of the molecule is NCC(=O)Nc1ccccc1NC(=O)CCl. The molecule has 0 atom stereocenters. The summed E-state index contributed by atoms with van der Waals surface area (Å²) in [6, 6.07) is 6.80. The summed E-state index contributed by atoms with van der Waals surface area (Å²) in [7, 11) is 0. The van der Waals surface area contributed by atoms with Gasteiger partial charge in [-0.3, -0.25) is 9.59 Å². The zero-order valence-electron chi connectivity index (χ0n) is 8.50. The highest BCUT2D eigenvalue weighted by atomic mass is 35.5. The molecule has 0 saturated carbocycles. The quantitative estimate of drug-likeness (QED) is 0.681. The van der Waals surface area contributed by atoms with Gasteiger partial charge in [0.1, 0.15) is 5.88 Å². The molecule has 1 rings (SSSR count). The lowest BCUT2D eigenvalue weighted by atomic mass is 10.2. The molecule has 0 aromatic heterocycles. The van der Waals surface area contributed by atoms with E-state index in [4.69, 9.17) is 17.3 Å². The molecule has 0 radical (unpaired) electrons. The van der Waals surface area contributed by atoms with Crippen molar-refractivity contribution < 1.29 is 9.59 Å². The average molecular weight is 242 g/mol. The van der Waals surface area contributed by atoms with E-state index in [1.807, 2.05) is 0 Å². The highest BCUT2D eigenvalue weighted by Gasteiger charge is 2.07. The summed E-state index contributed by atoms with van der Waals surface area (Å²) in [6.45, 7) is -0.113. The van der Waals surface area contributed by atoms with Gasteiger partial charge in [0.2, 0.25) is 11.8 Å². The summed E-state index contributed by atoms with van der Waals surface area (Å²) in [5.41, 5.74) is 6.17. The van der Waals surface area contributed by atoms with Crippen molar-refractivity contribution in [3.8, 4) is 0 Å². The van der Waals surface area contributed by atoms with Gasteiger partial charge in [0, 0.05) is 0 Å². The Hall–Kier alpha value is -1.59. The van der Waals surface area contributed by atoms with Crippen LogP contribution in [0.5, 0.6) is 0 Å². The van der Waals surface area contributed by atoms with Crippen LogP contribution in [0.15, 0.2) is 24.3 Å². The summed E-state index contributed by atoms with van der Waals surface area (Å²) in [5, 5.41) is 5.13. The molecule has 4 N–H and O–H groups in total. The zero-order valence-corrected chi connectivity index (χ0v) is 9.25. The Morgan fingerprint density at radius 3 is 2.06 bits per heavy atom. The van der Waals surface area contributed by atoms with Crippen molar-refractivity contribution in [3.63, 3.8) is 0 Å². The molecular weight excluding hydrogens is 230 g/mol. The first kappa shape index (κ1) is 12.5. The number of carbonyl (C=O) groups excluding carboxylic acids is 2. The Morgan fingerprint density at radius 1 is 1.12 bits per heavy atom. The number of nitrogens with two attached hydrogens (primary N) is 1. The fraction of sp³-hybridized carbons (Fsp3) is 0.200. The van der Waals surface area contributed by atoms with Gasteiger partial charge in [-0.15, -0.1) is 11.6 Å². The van der Waals surface area contributed by atoms with Crippen LogP contribution >= 0.6 is 11.6 Å². The van der Waals surface area contributed by atoms with Gasteiger partial charge in [0.05, 0.1) is 17.9 Å². The maximum atomic E-state index is 11.1. The average Bonchev–Trinajstić information content (AvgIpc) is 2.31. The van der Waals surface area contributed by atoms with E-state index in [2.05, 4.69) is 10.6 Å². The summed E-state index contributed by atoms with van der Waals surface area (Å²) in [5.74, 6) is -0.803. The second-order valence-corrected chi connectivity index (χ2v) is 3.25. The van der Waals surface area contributed by atoms with Crippen LogP contribution in [0, 0.1) is 0 Å². The standard InChI is InChI=1S/C10H12ClN3O2/c11-5-9(15)13-7-3-1-2-4-8(7)14-10(16)6-12/h1-4H,5-6,12H2,(H,13,15)(H,14,16). The van der Waals surface area contributed by atoms with Crippen LogP contribution in [0.2, 0.25) is 0 Å². The van der Waals surface area contributed by atoms with Crippen LogP contribution in [-0.4, -0.2) is 24.2 Å². The van der Waals surface area contributed by atoms with Crippen molar-refractivity contribution in [1.82, 2.24) is 0 Å². The molecule has 0 fully saturated rings. The number of carbonyl (C=O) groups is 2. The number of benzene rings is 1. The van der Waals surface area contributed by atoms with Crippen LogP contribution in [-0.2, 0) is 9.59 Å². The van der Waals surface area contributed by atoms with Crippen LogP contribution in [0.25, 0.3) is 0 Å². The van der Waals surface area contributed by atoms with Gasteiger partial charge in [0.25, 0.3) is 0 Å². The second-order valence-electron chi connectivity index (χ2n) is 2.98. The molecular formula is C10H12ClN3O2. The highest BCUT2D eigenvalue weighted by Crippen LogP contribution is 2.20. The fourth-order valence-electron chi connectivity index (χ4n) is 1.09. The first-order chi connectivity index (χ1) is 7.67. The zero-order chi connectivity index (χ0) is 12.0.